The summed E-state index contributed by atoms with van der Waals surface area (Å²) in [7, 11) is 2.08. The van der Waals surface area contributed by atoms with Gasteiger partial charge in [-0.15, -0.1) is 0 Å². The second kappa shape index (κ2) is 6.24. The standard InChI is InChI=1S/C13H24N4O2S/c1-16(2)20(18,19)9-5-8-17(3)10-13-11-6-4-7-12(11)14-15-13/h4-10H2,1-3H3,(H,14,15). The smallest absolute Gasteiger partial charge is 0.213 e. The van der Waals surface area contributed by atoms with Gasteiger partial charge < -0.3 is 4.90 Å². The van der Waals surface area contributed by atoms with Crippen LogP contribution in [-0.4, -0.2) is 61.3 Å². The Morgan fingerprint density at radius 3 is 2.70 bits per heavy atom. The van der Waals surface area contributed by atoms with Gasteiger partial charge in [0.2, 0.25) is 10.0 Å². The maximum atomic E-state index is 11.7. The van der Waals surface area contributed by atoms with E-state index in [9.17, 15) is 8.42 Å². The number of rotatable bonds is 7. The summed E-state index contributed by atoms with van der Waals surface area (Å²) in [4.78, 5) is 2.14. The zero-order chi connectivity index (χ0) is 14.8. The fourth-order valence-electron chi connectivity index (χ4n) is 2.55. The van der Waals surface area contributed by atoms with Crippen molar-refractivity contribution in [1.29, 1.82) is 0 Å². The Kier molecular flexibility index (Phi) is 4.82. The first-order valence-electron chi connectivity index (χ1n) is 7.04. The van der Waals surface area contributed by atoms with Gasteiger partial charge in [-0.25, -0.2) is 12.7 Å². The molecule has 0 saturated heterocycles. The van der Waals surface area contributed by atoms with E-state index in [0.717, 1.165) is 31.6 Å². The summed E-state index contributed by atoms with van der Waals surface area (Å²) < 4.78 is 24.6. The summed E-state index contributed by atoms with van der Waals surface area (Å²) in [6, 6.07) is 0. The van der Waals surface area contributed by atoms with Gasteiger partial charge in [0, 0.05) is 26.3 Å². The Hall–Kier alpha value is -0.920. The highest BCUT2D eigenvalue weighted by Gasteiger charge is 2.19. The minimum Gasteiger partial charge on any atom is -0.300 e. The van der Waals surface area contributed by atoms with Crippen molar-refractivity contribution in [3.63, 3.8) is 0 Å². The van der Waals surface area contributed by atoms with Gasteiger partial charge in [0.05, 0.1) is 11.4 Å². The SMILES string of the molecule is CN(CCCS(=O)(=O)N(C)C)Cc1n[nH]c2c1CCC2. The van der Waals surface area contributed by atoms with Crippen molar-refractivity contribution in [2.75, 3.05) is 33.4 Å². The predicted octanol–water partition coefficient (Wildman–Crippen LogP) is 0.612. The van der Waals surface area contributed by atoms with E-state index < -0.39 is 10.0 Å². The third kappa shape index (κ3) is 3.59. The third-order valence-electron chi connectivity index (χ3n) is 3.81. The summed E-state index contributed by atoms with van der Waals surface area (Å²) in [5, 5.41) is 7.48. The Morgan fingerprint density at radius 1 is 1.25 bits per heavy atom. The number of H-pyrrole nitrogens is 1. The second-order valence-electron chi connectivity index (χ2n) is 5.67. The normalized spacial score (nSPS) is 15.2. The molecule has 20 heavy (non-hydrogen) atoms. The topological polar surface area (TPSA) is 69.3 Å². The van der Waals surface area contributed by atoms with Crippen LogP contribution in [0.25, 0.3) is 0 Å². The van der Waals surface area contributed by atoms with Crippen LogP contribution in [-0.2, 0) is 29.4 Å². The van der Waals surface area contributed by atoms with Crippen molar-refractivity contribution in [1.82, 2.24) is 19.4 Å². The minimum atomic E-state index is -3.08. The predicted molar refractivity (Wildman–Crippen MR) is 79.0 cm³/mol. The molecule has 0 spiro atoms. The minimum absolute atomic E-state index is 0.197. The molecule has 6 nitrogen and oxygen atoms in total. The molecule has 114 valence electrons. The number of aromatic amines is 1. The van der Waals surface area contributed by atoms with E-state index in [-0.39, 0.29) is 5.75 Å². The number of nitrogens with one attached hydrogen (secondary N) is 1. The van der Waals surface area contributed by atoms with Gasteiger partial charge in [0.15, 0.2) is 0 Å². The molecule has 1 heterocycles. The van der Waals surface area contributed by atoms with Crippen molar-refractivity contribution in [3.8, 4) is 0 Å². The van der Waals surface area contributed by atoms with Gasteiger partial charge in [-0.05, 0) is 44.8 Å². The van der Waals surface area contributed by atoms with E-state index in [2.05, 4.69) is 15.1 Å². The number of fused-ring (bicyclic) bond motifs is 1. The molecular formula is C13H24N4O2S. The average Bonchev–Trinajstić information content (AvgIpc) is 2.93. The van der Waals surface area contributed by atoms with Crippen LogP contribution >= 0.6 is 0 Å². The van der Waals surface area contributed by atoms with Crippen LogP contribution in [0.1, 0.15) is 29.8 Å². The van der Waals surface area contributed by atoms with E-state index in [1.807, 2.05) is 7.05 Å². The van der Waals surface area contributed by atoms with Gasteiger partial charge in [-0.1, -0.05) is 0 Å². The van der Waals surface area contributed by atoms with Crippen molar-refractivity contribution < 1.29 is 8.42 Å². The van der Waals surface area contributed by atoms with Crippen LogP contribution < -0.4 is 0 Å². The van der Waals surface area contributed by atoms with Crippen LogP contribution in [0.2, 0.25) is 0 Å². The van der Waals surface area contributed by atoms with E-state index in [1.165, 1.54) is 22.0 Å². The lowest BCUT2D eigenvalue weighted by molar-refractivity contribution is 0.322. The maximum absolute atomic E-state index is 11.7. The first-order valence-corrected chi connectivity index (χ1v) is 8.65. The Balaban J connectivity index is 1.80. The van der Waals surface area contributed by atoms with Crippen LogP contribution in [0, 0.1) is 0 Å². The van der Waals surface area contributed by atoms with Crippen LogP contribution in [0.3, 0.4) is 0 Å². The summed E-state index contributed by atoms with van der Waals surface area (Å²) >= 11 is 0. The van der Waals surface area contributed by atoms with Gasteiger partial charge >= 0.3 is 0 Å². The first kappa shape index (κ1) is 15.5. The van der Waals surface area contributed by atoms with Gasteiger partial charge in [-0.3, -0.25) is 5.10 Å². The molecule has 1 N–H and O–H groups in total. The Bertz CT molecular complexity index is 551. The zero-order valence-corrected chi connectivity index (χ0v) is 13.3. The number of hydrogen-bond acceptors (Lipinski definition) is 4. The largest absolute Gasteiger partial charge is 0.300 e. The number of aryl methyl sites for hydroxylation is 1. The fraction of sp³-hybridized carbons (Fsp3) is 0.769. The number of hydrogen-bond donors (Lipinski definition) is 1. The zero-order valence-electron chi connectivity index (χ0n) is 12.5. The second-order valence-corrected chi connectivity index (χ2v) is 7.97. The van der Waals surface area contributed by atoms with Gasteiger partial charge in [-0.2, -0.15) is 5.10 Å². The summed E-state index contributed by atoms with van der Waals surface area (Å²) in [6.45, 7) is 1.54. The summed E-state index contributed by atoms with van der Waals surface area (Å²) in [5.74, 6) is 0.197. The molecule has 0 aromatic carbocycles. The highest BCUT2D eigenvalue weighted by Crippen LogP contribution is 2.23. The molecule has 1 aliphatic rings. The van der Waals surface area contributed by atoms with Crippen molar-refractivity contribution in [3.05, 3.63) is 17.0 Å². The quantitative estimate of drug-likeness (QED) is 0.801. The molecule has 1 aromatic heterocycles. The molecule has 0 amide bonds. The molecule has 0 unspecified atom stereocenters. The summed E-state index contributed by atoms with van der Waals surface area (Å²) in [5.41, 5.74) is 3.77. The van der Waals surface area contributed by atoms with E-state index >= 15 is 0 Å². The molecule has 0 radical (unpaired) electrons. The molecule has 2 rings (SSSR count). The van der Waals surface area contributed by atoms with E-state index in [0.29, 0.717) is 6.42 Å². The Labute approximate surface area is 121 Å². The molecule has 7 heteroatoms. The monoisotopic (exact) mass is 300 g/mol. The molecule has 0 fully saturated rings. The van der Waals surface area contributed by atoms with Crippen molar-refractivity contribution in [2.24, 2.45) is 0 Å². The van der Waals surface area contributed by atoms with Crippen LogP contribution in [0.15, 0.2) is 0 Å². The molecule has 0 saturated carbocycles. The molecular weight excluding hydrogens is 276 g/mol. The average molecular weight is 300 g/mol. The lowest BCUT2D eigenvalue weighted by Gasteiger charge is -2.17. The molecule has 0 aliphatic heterocycles. The highest BCUT2D eigenvalue weighted by molar-refractivity contribution is 7.89. The molecule has 1 aliphatic carbocycles. The van der Waals surface area contributed by atoms with Gasteiger partial charge in [0.25, 0.3) is 0 Å². The number of sulfonamides is 1. The van der Waals surface area contributed by atoms with Crippen LogP contribution in [0.5, 0.6) is 0 Å². The maximum Gasteiger partial charge on any atom is 0.213 e. The highest BCUT2D eigenvalue weighted by atomic mass is 32.2. The lowest BCUT2D eigenvalue weighted by Crippen LogP contribution is -2.28. The molecule has 0 bridgehead atoms. The van der Waals surface area contributed by atoms with Crippen molar-refractivity contribution in [2.45, 2.75) is 32.2 Å². The summed E-state index contributed by atoms with van der Waals surface area (Å²) in [6.07, 6.45) is 4.07. The molecule has 1 aromatic rings. The third-order valence-corrected chi connectivity index (χ3v) is 5.73. The first-order chi connectivity index (χ1) is 9.40. The Morgan fingerprint density at radius 2 is 2.00 bits per heavy atom. The fourth-order valence-corrected chi connectivity index (χ4v) is 3.41. The van der Waals surface area contributed by atoms with Crippen LogP contribution in [0.4, 0.5) is 0 Å². The molecule has 0 atom stereocenters. The van der Waals surface area contributed by atoms with Crippen molar-refractivity contribution >= 4 is 10.0 Å². The number of aromatic nitrogens is 2. The van der Waals surface area contributed by atoms with E-state index in [4.69, 9.17) is 0 Å². The lowest BCUT2D eigenvalue weighted by atomic mass is 10.2. The van der Waals surface area contributed by atoms with E-state index in [1.54, 1.807) is 14.1 Å². The van der Waals surface area contributed by atoms with Gasteiger partial charge in [0.1, 0.15) is 0 Å². The number of nitrogens with zero attached hydrogens (tertiary/aromatic N) is 3.